The Kier molecular flexibility index (Phi) is 5.71. The van der Waals surface area contributed by atoms with Crippen molar-refractivity contribution in [2.75, 3.05) is 21.3 Å². The Balaban J connectivity index is 2.20. The first-order valence-corrected chi connectivity index (χ1v) is 7.30. The van der Waals surface area contributed by atoms with Gasteiger partial charge in [-0.2, -0.15) is 0 Å². The number of amides is 1. The molecular formula is C17H18ClNO4. The fourth-order valence-corrected chi connectivity index (χ4v) is 2.37. The predicted octanol–water partition coefficient (Wildman–Crippen LogP) is 3.30. The van der Waals surface area contributed by atoms with Gasteiger partial charge in [0, 0.05) is 18.2 Å². The van der Waals surface area contributed by atoms with Gasteiger partial charge >= 0.3 is 0 Å². The summed E-state index contributed by atoms with van der Waals surface area (Å²) >= 11 is 6.02. The van der Waals surface area contributed by atoms with Gasteiger partial charge < -0.3 is 19.5 Å². The summed E-state index contributed by atoms with van der Waals surface area (Å²) in [5.41, 5.74) is 1.19. The maximum Gasteiger partial charge on any atom is 0.253 e. The summed E-state index contributed by atoms with van der Waals surface area (Å²) in [5, 5.41) is 3.23. The van der Waals surface area contributed by atoms with Crippen molar-refractivity contribution in [1.29, 1.82) is 0 Å². The first-order valence-electron chi connectivity index (χ1n) is 6.92. The quantitative estimate of drug-likeness (QED) is 0.880. The third-order valence-corrected chi connectivity index (χ3v) is 3.67. The molecular weight excluding hydrogens is 318 g/mol. The normalized spacial score (nSPS) is 10.1. The molecule has 0 atom stereocenters. The predicted molar refractivity (Wildman–Crippen MR) is 88.7 cm³/mol. The van der Waals surface area contributed by atoms with Crippen molar-refractivity contribution in [2.24, 2.45) is 0 Å². The van der Waals surface area contributed by atoms with E-state index < -0.39 is 0 Å². The van der Waals surface area contributed by atoms with Crippen molar-refractivity contribution in [3.8, 4) is 17.2 Å². The van der Waals surface area contributed by atoms with E-state index in [2.05, 4.69) is 5.32 Å². The van der Waals surface area contributed by atoms with E-state index in [9.17, 15) is 4.79 Å². The Labute approximate surface area is 140 Å². The monoisotopic (exact) mass is 335 g/mol. The second-order valence-corrected chi connectivity index (χ2v) is 5.09. The molecule has 0 unspecified atom stereocenters. The van der Waals surface area contributed by atoms with Gasteiger partial charge in [0.25, 0.3) is 5.91 Å². The highest BCUT2D eigenvalue weighted by atomic mass is 35.5. The first kappa shape index (κ1) is 17.0. The zero-order chi connectivity index (χ0) is 16.8. The van der Waals surface area contributed by atoms with E-state index in [1.165, 1.54) is 0 Å². The van der Waals surface area contributed by atoms with Crippen molar-refractivity contribution in [3.63, 3.8) is 0 Å². The minimum absolute atomic E-state index is 0.257. The minimum atomic E-state index is -0.257. The largest absolute Gasteiger partial charge is 0.496 e. The number of rotatable bonds is 6. The molecule has 0 fully saturated rings. The lowest BCUT2D eigenvalue weighted by atomic mass is 10.1. The molecule has 0 aromatic heterocycles. The topological polar surface area (TPSA) is 56.8 Å². The molecule has 2 aromatic rings. The van der Waals surface area contributed by atoms with Crippen LogP contribution in [0, 0.1) is 0 Å². The standard InChI is InChI=1S/C17H18ClNO4/c1-21-14-9-16(23-3)15(22-2)8-11(14)10-19-17(20)12-6-4-5-7-13(12)18/h4-9H,10H2,1-3H3,(H,19,20). The highest BCUT2D eigenvalue weighted by Crippen LogP contribution is 2.34. The Morgan fingerprint density at radius 1 is 1.00 bits per heavy atom. The van der Waals surface area contributed by atoms with Gasteiger partial charge in [-0.25, -0.2) is 0 Å². The summed E-state index contributed by atoms with van der Waals surface area (Å²) in [6.45, 7) is 0.271. The molecule has 5 nitrogen and oxygen atoms in total. The highest BCUT2D eigenvalue weighted by Gasteiger charge is 2.14. The highest BCUT2D eigenvalue weighted by molar-refractivity contribution is 6.33. The van der Waals surface area contributed by atoms with E-state index >= 15 is 0 Å². The zero-order valence-electron chi connectivity index (χ0n) is 13.2. The lowest BCUT2D eigenvalue weighted by molar-refractivity contribution is 0.0951. The molecule has 6 heteroatoms. The van der Waals surface area contributed by atoms with Crippen LogP contribution in [0.1, 0.15) is 15.9 Å². The summed E-state index contributed by atoms with van der Waals surface area (Å²) < 4.78 is 15.8. The van der Waals surface area contributed by atoms with Crippen molar-refractivity contribution >= 4 is 17.5 Å². The maximum absolute atomic E-state index is 12.2. The van der Waals surface area contributed by atoms with Crippen molar-refractivity contribution < 1.29 is 19.0 Å². The molecule has 122 valence electrons. The zero-order valence-corrected chi connectivity index (χ0v) is 13.9. The van der Waals surface area contributed by atoms with Crippen LogP contribution in [0.5, 0.6) is 17.2 Å². The van der Waals surface area contributed by atoms with Crippen LogP contribution >= 0.6 is 11.6 Å². The van der Waals surface area contributed by atoms with Gasteiger partial charge in [0.1, 0.15) is 5.75 Å². The number of carbonyl (C=O) groups excluding carboxylic acids is 1. The number of hydrogen-bond acceptors (Lipinski definition) is 4. The number of ether oxygens (including phenoxy) is 3. The summed E-state index contributed by atoms with van der Waals surface area (Å²) in [5.74, 6) is 1.47. The molecule has 23 heavy (non-hydrogen) atoms. The summed E-state index contributed by atoms with van der Waals surface area (Å²) in [6, 6.07) is 10.4. The minimum Gasteiger partial charge on any atom is -0.496 e. The van der Waals surface area contributed by atoms with Crippen LogP contribution in [0.2, 0.25) is 5.02 Å². The van der Waals surface area contributed by atoms with Gasteiger partial charge in [0.05, 0.1) is 31.9 Å². The smallest absolute Gasteiger partial charge is 0.253 e. The average Bonchev–Trinajstić information content (AvgIpc) is 2.59. The lowest BCUT2D eigenvalue weighted by Gasteiger charge is -2.14. The molecule has 0 aliphatic heterocycles. The molecule has 0 saturated heterocycles. The number of nitrogens with one attached hydrogen (secondary N) is 1. The molecule has 1 N–H and O–H groups in total. The van der Waals surface area contributed by atoms with Crippen LogP contribution < -0.4 is 19.5 Å². The van der Waals surface area contributed by atoms with Gasteiger partial charge in [0.2, 0.25) is 0 Å². The fraction of sp³-hybridized carbons (Fsp3) is 0.235. The average molecular weight is 336 g/mol. The number of halogens is 1. The fourth-order valence-electron chi connectivity index (χ4n) is 2.15. The number of methoxy groups -OCH3 is 3. The van der Waals surface area contributed by atoms with E-state index in [1.54, 1.807) is 57.7 Å². The number of carbonyl (C=O) groups is 1. The summed E-state index contributed by atoms with van der Waals surface area (Å²) in [4.78, 5) is 12.2. The third kappa shape index (κ3) is 3.87. The Hall–Kier alpha value is -2.40. The van der Waals surface area contributed by atoms with E-state index in [1.807, 2.05) is 0 Å². The Morgan fingerprint density at radius 2 is 1.61 bits per heavy atom. The molecule has 0 radical (unpaired) electrons. The second kappa shape index (κ2) is 7.74. The lowest BCUT2D eigenvalue weighted by Crippen LogP contribution is -2.23. The molecule has 1 amide bonds. The van der Waals surface area contributed by atoms with Crippen LogP contribution in [-0.4, -0.2) is 27.2 Å². The Bertz CT molecular complexity index is 703. The maximum atomic E-state index is 12.2. The summed E-state index contributed by atoms with van der Waals surface area (Å²) in [7, 11) is 4.66. The number of hydrogen-bond donors (Lipinski definition) is 1. The van der Waals surface area contributed by atoms with Crippen molar-refractivity contribution in [2.45, 2.75) is 6.54 Å². The van der Waals surface area contributed by atoms with Crippen LogP contribution in [0.15, 0.2) is 36.4 Å². The first-order chi connectivity index (χ1) is 11.1. The van der Waals surface area contributed by atoms with Gasteiger partial charge in [-0.3, -0.25) is 4.79 Å². The van der Waals surface area contributed by atoms with E-state index in [4.69, 9.17) is 25.8 Å². The molecule has 0 bridgehead atoms. The van der Waals surface area contributed by atoms with Crippen molar-refractivity contribution in [1.82, 2.24) is 5.32 Å². The molecule has 0 heterocycles. The van der Waals surface area contributed by atoms with Gasteiger partial charge in [-0.15, -0.1) is 0 Å². The van der Waals surface area contributed by atoms with E-state index in [-0.39, 0.29) is 12.5 Å². The molecule has 0 aliphatic carbocycles. The van der Waals surface area contributed by atoms with Crippen molar-refractivity contribution in [3.05, 3.63) is 52.5 Å². The molecule has 2 aromatic carbocycles. The van der Waals surface area contributed by atoms with Gasteiger partial charge in [-0.1, -0.05) is 23.7 Å². The molecule has 0 aliphatic rings. The molecule has 0 saturated carbocycles. The van der Waals surface area contributed by atoms with E-state index in [0.717, 1.165) is 5.56 Å². The van der Waals surface area contributed by atoms with Crippen LogP contribution in [0.4, 0.5) is 0 Å². The second-order valence-electron chi connectivity index (χ2n) is 4.68. The van der Waals surface area contributed by atoms with E-state index in [0.29, 0.717) is 27.8 Å². The molecule has 0 spiro atoms. The molecule has 2 rings (SSSR count). The SMILES string of the molecule is COc1cc(OC)c(OC)cc1CNC(=O)c1ccccc1Cl. The summed E-state index contributed by atoms with van der Waals surface area (Å²) in [6.07, 6.45) is 0. The third-order valence-electron chi connectivity index (χ3n) is 3.34. The van der Waals surface area contributed by atoms with Gasteiger partial charge in [0.15, 0.2) is 11.5 Å². The Morgan fingerprint density at radius 3 is 2.22 bits per heavy atom. The van der Waals surface area contributed by atoms with Gasteiger partial charge in [-0.05, 0) is 18.2 Å². The van der Waals surface area contributed by atoms with Crippen LogP contribution in [0.3, 0.4) is 0 Å². The number of benzene rings is 2. The van der Waals surface area contributed by atoms with Crippen LogP contribution in [0.25, 0.3) is 0 Å². The van der Waals surface area contributed by atoms with Crippen LogP contribution in [-0.2, 0) is 6.54 Å².